The van der Waals surface area contributed by atoms with E-state index in [0.29, 0.717) is 35.7 Å². The topological polar surface area (TPSA) is 155 Å². The zero-order valence-corrected chi connectivity index (χ0v) is 16.2. The minimum Gasteiger partial charge on any atom is -0.504 e. The van der Waals surface area contributed by atoms with Crippen LogP contribution in [0.3, 0.4) is 0 Å². The Balaban J connectivity index is 1.49. The average Bonchev–Trinajstić information content (AvgIpc) is 3.30. The number of phenolic OH excluding ortho intramolecular Hbond substituents is 1. The van der Waals surface area contributed by atoms with Gasteiger partial charge < -0.3 is 35.2 Å². The number of aliphatic hydroxyl groups excluding tert-OH is 3. The molecule has 0 spiro atoms. The standard InChI is InChI=1S/C19H23N5O6/c1-29-12-3-2-10(6-11(12)26)4-5-20-17-14-18(22-8-21-17)24(9-23-14)19-16(28)15(27)13(7-25)30-19/h2-3,6,8-9,13,15-16,19,25-28H,4-5,7H2,1H3,(H,20,21,22). The Kier molecular flexibility index (Phi) is 5.68. The summed E-state index contributed by atoms with van der Waals surface area (Å²) in [6.45, 7) is 0.114. The number of benzene rings is 1. The van der Waals surface area contributed by atoms with E-state index in [9.17, 15) is 20.4 Å². The van der Waals surface area contributed by atoms with Crippen molar-refractivity contribution in [3.8, 4) is 11.5 Å². The van der Waals surface area contributed by atoms with Gasteiger partial charge >= 0.3 is 0 Å². The molecular weight excluding hydrogens is 394 g/mol. The first-order valence-electron chi connectivity index (χ1n) is 9.43. The first kappa shape index (κ1) is 20.3. The highest BCUT2D eigenvalue weighted by Crippen LogP contribution is 2.32. The fourth-order valence-electron chi connectivity index (χ4n) is 3.49. The van der Waals surface area contributed by atoms with Crippen molar-refractivity contribution in [3.63, 3.8) is 0 Å². The SMILES string of the molecule is COc1ccc(CCNc2ncnc3c2ncn3C2OC(CO)C(O)C2O)cc1O. The normalized spacial score (nSPS) is 23.7. The highest BCUT2D eigenvalue weighted by molar-refractivity contribution is 5.82. The van der Waals surface area contributed by atoms with Gasteiger partial charge in [0, 0.05) is 6.54 Å². The molecule has 0 radical (unpaired) electrons. The summed E-state index contributed by atoms with van der Waals surface area (Å²) in [7, 11) is 1.50. The maximum Gasteiger partial charge on any atom is 0.167 e. The monoisotopic (exact) mass is 417 g/mol. The zero-order valence-electron chi connectivity index (χ0n) is 16.2. The number of aromatic nitrogens is 4. The van der Waals surface area contributed by atoms with Crippen LogP contribution >= 0.6 is 0 Å². The molecule has 0 saturated carbocycles. The van der Waals surface area contributed by atoms with Gasteiger partial charge in [-0.1, -0.05) is 6.07 Å². The van der Waals surface area contributed by atoms with Crippen molar-refractivity contribution in [1.29, 1.82) is 0 Å². The van der Waals surface area contributed by atoms with Crippen molar-refractivity contribution in [2.24, 2.45) is 0 Å². The lowest BCUT2D eigenvalue weighted by Crippen LogP contribution is -2.33. The molecule has 0 bridgehead atoms. The van der Waals surface area contributed by atoms with Crippen LogP contribution in [-0.4, -0.2) is 78.5 Å². The number of nitrogens with zero attached hydrogens (tertiary/aromatic N) is 4. The van der Waals surface area contributed by atoms with Gasteiger partial charge in [0.25, 0.3) is 0 Å². The third-order valence-corrected chi connectivity index (χ3v) is 5.10. The predicted molar refractivity (Wildman–Crippen MR) is 105 cm³/mol. The first-order chi connectivity index (χ1) is 14.5. The van der Waals surface area contributed by atoms with Crippen molar-refractivity contribution < 1.29 is 29.9 Å². The Hall–Kier alpha value is -2.99. The van der Waals surface area contributed by atoms with E-state index < -0.39 is 31.1 Å². The maximum atomic E-state index is 10.3. The molecule has 30 heavy (non-hydrogen) atoms. The number of nitrogens with one attached hydrogen (secondary N) is 1. The molecule has 160 valence electrons. The lowest BCUT2D eigenvalue weighted by molar-refractivity contribution is -0.0511. The number of aromatic hydroxyl groups is 1. The number of methoxy groups -OCH3 is 1. The molecule has 3 aromatic rings. The number of rotatable bonds is 7. The van der Waals surface area contributed by atoms with E-state index in [2.05, 4.69) is 20.3 Å². The van der Waals surface area contributed by atoms with E-state index in [0.717, 1.165) is 5.56 Å². The lowest BCUT2D eigenvalue weighted by Gasteiger charge is -2.16. The molecule has 1 aromatic carbocycles. The van der Waals surface area contributed by atoms with Gasteiger partial charge in [0.15, 0.2) is 34.7 Å². The number of imidazole rings is 1. The summed E-state index contributed by atoms with van der Waals surface area (Å²) in [5.41, 5.74) is 1.82. The van der Waals surface area contributed by atoms with Crippen molar-refractivity contribution >= 4 is 17.0 Å². The van der Waals surface area contributed by atoms with E-state index >= 15 is 0 Å². The summed E-state index contributed by atoms with van der Waals surface area (Å²) in [6.07, 6.45) is -0.810. The van der Waals surface area contributed by atoms with Crippen LogP contribution in [0.2, 0.25) is 0 Å². The summed E-state index contributed by atoms with van der Waals surface area (Å²) < 4.78 is 12.1. The smallest absolute Gasteiger partial charge is 0.167 e. The van der Waals surface area contributed by atoms with Gasteiger partial charge in [-0.15, -0.1) is 0 Å². The van der Waals surface area contributed by atoms with Crippen LogP contribution in [0.4, 0.5) is 5.82 Å². The summed E-state index contributed by atoms with van der Waals surface area (Å²) in [5.74, 6) is 1.000. The molecule has 4 unspecified atom stereocenters. The molecule has 3 heterocycles. The van der Waals surface area contributed by atoms with Crippen LogP contribution in [-0.2, 0) is 11.2 Å². The third kappa shape index (κ3) is 3.63. The number of anilines is 1. The Morgan fingerprint density at radius 2 is 2.03 bits per heavy atom. The van der Waals surface area contributed by atoms with Gasteiger partial charge in [-0.25, -0.2) is 15.0 Å². The lowest BCUT2D eigenvalue weighted by atomic mass is 10.1. The summed E-state index contributed by atoms with van der Waals surface area (Å²) in [5, 5.41) is 42.6. The zero-order chi connectivity index (χ0) is 21.3. The van der Waals surface area contributed by atoms with E-state index in [1.165, 1.54) is 24.3 Å². The molecule has 1 aliphatic rings. The highest BCUT2D eigenvalue weighted by atomic mass is 16.6. The number of fused-ring (bicyclic) bond motifs is 1. The quantitative estimate of drug-likeness (QED) is 0.349. The molecule has 1 saturated heterocycles. The Bertz CT molecular complexity index is 1030. The van der Waals surface area contributed by atoms with Gasteiger partial charge in [0.05, 0.1) is 20.0 Å². The second-order valence-corrected chi connectivity index (χ2v) is 6.96. The molecule has 11 heteroatoms. The second kappa shape index (κ2) is 8.40. The van der Waals surface area contributed by atoms with Crippen molar-refractivity contribution in [2.75, 3.05) is 25.6 Å². The molecule has 2 aromatic heterocycles. The molecule has 4 atom stereocenters. The van der Waals surface area contributed by atoms with Gasteiger partial charge in [0.2, 0.25) is 0 Å². The fourth-order valence-corrected chi connectivity index (χ4v) is 3.49. The first-order valence-corrected chi connectivity index (χ1v) is 9.43. The van der Waals surface area contributed by atoms with Gasteiger partial charge in [-0.3, -0.25) is 4.57 Å². The minimum atomic E-state index is -1.23. The van der Waals surface area contributed by atoms with E-state index in [1.807, 2.05) is 6.07 Å². The Morgan fingerprint density at radius 3 is 2.73 bits per heavy atom. The highest BCUT2D eigenvalue weighted by Gasteiger charge is 2.44. The summed E-state index contributed by atoms with van der Waals surface area (Å²) >= 11 is 0. The van der Waals surface area contributed by atoms with E-state index in [4.69, 9.17) is 9.47 Å². The van der Waals surface area contributed by atoms with Gasteiger partial charge in [-0.2, -0.15) is 0 Å². The van der Waals surface area contributed by atoms with Gasteiger partial charge in [0.1, 0.15) is 24.6 Å². The van der Waals surface area contributed by atoms with Crippen LogP contribution in [0, 0.1) is 0 Å². The summed E-state index contributed by atoms with van der Waals surface area (Å²) in [6, 6.07) is 5.22. The van der Waals surface area contributed by atoms with E-state index in [1.54, 1.807) is 12.1 Å². The van der Waals surface area contributed by atoms with Crippen molar-refractivity contribution in [2.45, 2.75) is 31.0 Å². The number of aliphatic hydroxyl groups is 3. The number of phenols is 1. The average molecular weight is 417 g/mol. The van der Waals surface area contributed by atoms with Crippen LogP contribution in [0.5, 0.6) is 11.5 Å². The number of ether oxygens (including phenoxy) is 2. The molecule has 0 aliphatic carbocycles. The van der Waals surface area contributed by atoms with Crippen molar-refractivity contribution in [3.05, 3.63) is 36.4 Å². The Labute approximate surface area is 171 Å². The largest absolute Gasteiger partial charge is 0.504 e. The minimum absolute atomic E-state index is 0.0802. The predicted octanol–water partition coefficient (Wildman–Crippen LogP) is -0.193. The van der Waals surface area contributed by atoms with Crippen LogP contribution in [0.25, 0.3) is 11.2 Å². The van der Waals surface area contributed by atoms with Crippen LogP contribution in [0.15, 0.2) is 30.9 Å². The van der Waals surface area contributed by atoms with Gasteiger partial charge in [-0.05, 0) is 24.1 Å². The molecule has 11 nitrogen and oxygen atoms in total. The van der Waals surface area contributed by atoms with E-state index in [-0.39, 0.29) is 5.75 Å². The molecule has 1 fully saturated rings. The molecule has 0 amide bonds. The second-order valence-electron chi connectivity index (χ2n) is 6.96. The molecule has 1 aliphatic heterocycles. The van der Waals surface area contributed by atoms with Crippen LogP contribution in [0.1, 0.15) is 11.8 Å². The fraction of sp³-hybridized carbons (Fsp3) is 0.421. The summed E-state index contributed by atoms with van der Waals surface area (Å²) in [4.78, 5) is 12.8. The Morgan fingerprint density at radius 1 is 1.20 bits per heavy atom. The molecule has 4 rings (SSSR count). The third-order valence-electron chi connectivity index (χ3n) is 5.10. The molecule has 5 N–H and O–H groups in total. The van der Waals surface area contributed by atoms with Crippen LogP contribution < -0.4 is 10.1 Å². The van der Waals surface area contributed by atoms with Crippen molar-refractivity contribution in [1.82, 2.24) is 19.5 Å². The maximum absolute atomic E-state index is 10.3. The molecular formula is C19H23N5O6. The number of hydrogen-bond donors (Lipinski definition) is 5. The number of hydrogen-bond acceptors (Lipinski definition) is 10.